The van der Waals surface area contributed by atoms with Gasteiger partial charge in [0.25, 0.3) is 10.0 Å². The maximum absolute atomic E-state index is 13.5. The zero-order valence-electron chi connectivity index (χ0n) is 16.4. The van der Waals surface area contributed by atoms with Gasteiger partial charge in [0.2, 0.25) is 0 Å². The van der Waals surface area contributed by atoms with Crippen molar-refractivity contribution >= 4 is 38.7 Å². The van der Waals surface area contributed by atoms with Crippen molar-refractivity contribution < 1.29 is 23.4 Å². The third kappa shape index (κ3) is 4.40. The predicted molar refractivity (Wildman–Crippen MR) is 113 cm³/mol. The van der Waals surface area contributed by atoms with Gasteiger partial charge in [-0.25, -0.2) is 8.42 Å². The van der Waals surface area contributed by atoms with Crippen LogP contribution in [0, 0.1) is 0 Å². The average molecular weight is 420 g/mol. The molecule has 8 nitrogen and oxygen atoms in total. The van der Waals surface area contributed by atoms with Gasteiger partial charge in [-0.15, -0.1) is 0 Å². The minimum atomic E-state index is -3.86. The van der Waals surface area contributed by atoms with E-state index in [4.69, 9.17) is 5.11 Å². The van der Waals surface area contributed by atoms with Gasteiger partial charge < -0.3 is 20.4 Å². The molecule has 0 unspecified atom stereocenters. The second-order valence-corrected chi connectivity index (χ2v) is 9.01. The molecule has 3 N–H and O–H groups in total. The molecule has 0 spiro atoms. The number of nitrogens with one attached hydrogen (secondary N) is 1. The Kier molecular flexibility index (Phi) is 5.88. The summed E-state index contributed by atoms with van der Waals surface area (Å²) in [6.07, 6.45) is 1.68. The number of anilines is 4. The number of aromatic hydroxyl groups is 1. The third-order valence-electron chi connectivity index (χ3n) is 4.82. The molecule has 1 aliphatic rings. The number of phenolic OH excluding ortho intramolecular Hbond substituents is 1. The van der Waals surface area contributed by atoms with Crippen molar-refractivity contribution in [2.75, 3.05) is 35.2 Å². The van der Waals surface area contributed by atoms with Crippen molar-refractivity contribution in [2.24, 2.45) is 0 Å². The first kappa shape index (κ1) is 20.8. The van der Waals surface area contributed by atoms with Gasteiger partial charge in [0.15, 0.2) is 0 Å². The summed E-state index contributed by atoms with van der Waals surface area (Å²) in [5.41, 5.74) is 2.14. The standard InChI is InChI=1S/C20H25N3O5S/c1-22(2)14-7-9-16-19(12-14)29(27,28)23(11-5-3-4-6-20(25)26)18-10-8-15(24)13-17(18)21-16/h7-10,12-13,21,24H,3-6,11H2,1-2H3,(H,25,26). The molecule has 2 aromatic carbocycles. The first-order chi connectivity index (χ1) is 13.7. The second kappa shape index (κ2) is 8.20. The number of carbonyl (C=O) groups is 1. The van der Waals surface area contributed by atoms with E-state index in [1.54, 1.807) is 18.2 Å². The summed E-state index contributed by atoms with van der Waals surface area (Å²) in [6, 6.07) is 9.69. The van der Waals surface area contributed by atoms with E-state index in [0.29, 0.717) is 36.3 Å². The number of rotatable bonds is 7. The summed E-state index contributed by atoms with van der Waals surface area (Å²) in [5.74, 6) is -0.828. The minimum Gasteiger partial charge on any atom is -0.508 e. The van der Waals surface area contributed by atoms with Crippen molar-refractivity contribution in [1.29, 1.82) is 0 Å². The van der Waals surface area contributed by atoms with Gasteiger partial charge in [-0.05, 0) is 43.2 Å². The largest absolute Gasteiger partial charge is 0.508 e. The van der Waals surface area contributed by atoms with E-state index in [-0.39, 0.29) is 23.6 Å². The fraction of sp³-hybridized carbons (Fsp3) is 0.350. The number of hydrogen-bond acceptors (Lipinski definition) is 6. The van der Waals surface area contributed by atoms with Crippen LogP contribution in [0.1, 0.15) is 25.7 Å². The minimum absolute atomic E-state index is 0.0309. The van der Waals surface area contributed by atoms with Crippen LogP contribution in [0.15, 0.2) is 41.3 Å². The van der Waals surface area contributed by atoms with Crippen LogP contribution in [0.4, 0.5) is 22.7 Å². The Morgan fingerprint density at radius 3 is 2.52 bits per heavy atom. The van der Waals surface area contributed by atoms with Crippen molar-refractivity contribution in [3.8, 4) is 5.75 Å². The molecule has 0 bridgehead atoms. The summed E-state index contributed by atoms with van der Waals surface area (Å²) >= 11 is 0. The van der Waals surface area contributed by atoms with Crippen molar-refractivity contribution in [2.45, 2.75) is 30.6 Å². The van der Waals surface area contributed by atoms with Crippen LogP contribution in [0.5, 0.6) is 5.75 Å². The molecule has 9 heteroatoms. The van der Waals surface area contributed by atoms with Gasteiger partial charge in [-0.3, -0.25) is 9.10 Å². The van der Waals surface area contributed by atoms with E-state index in [1.807, 2.05) is 25.1 Å². The van der Waals surface area contributed by atoms with Crippen LogP contribution in [0.2, 0.25) is 0 Å². The Balaban J connectivity index is 2.00. The number of aliphatic carboxylic acids is 1. The average Bonchev–Trinajstić information content (AvgIpc) is 2.73. The van der Waals surface area contributed by atoms with Crippen molar-refractivity contribution in [3.05, 3.63) is 36.4 Å². The molecule has 156 valence electrons. The first-order valence-electron chi connectivity index (χ1n) is 9.36. The molecule has 0 amide bonds. The summed E-state index contributed by atoms with van der Waals surface area (Å²) < 4.78 is 28.4. The van der Waals surface area contributed by atoms with Gasteiger partial charge in [-0.1, -0.05) is 6.42 Å². The van der Waals surface area contributed by atoms with E-state index in [9.17, 15) is 18.3 Å². The molecule has 0 aliphatic carbocycles. The summed E-state index contributed by atoms with van der Waals surface area (Å²) in [6.45, 7) is 0.215. The highest BCUT2D eigenvalue weighted by molar-refractivity contribution is 7.93. The third-order valence-corrected chi connectivity index (χ3v) is 6.67. The smallest absolute Gasteiger partial charge is 0.303 e. The summed E-state index contributed by atoms with van der Waals surface area (Å²) in [5, 5.41) is 21.8. The highest BCUT2D eigenvalue weighted by Gasteiger charge is 2.32. The van der Waals surface area contributed by atoms with Gasteiger partial charge >= 0.3 is 5.97 Å². The molecule has 29 heavy (non-hydrogen) atoms. The lowest BCUT2D eigenvalue weighted by atomic mass is 10.2. The second-order valence-electron chi connectivity index (χ2n) is 7.18. The molecule has 0 atom stereocenters. The van der Waals surface area contributed by atoms with E-state index >= 15 is 0 Å². The van der Waals surface area contributed by atoms with E-state index < -0.39 is 16.0 Å². The van der Waals surface area contributed by atoms with Crippen LogP contribution in [0.3, 0.4) is 0 Å². The number of hydrogen-bond donors (Lipinski definition) is 3. The zero-order valence-corrected chi connectivity index (χ0v) is 17.2. The Morgan fingerprint density at radius 1 is 1.07 bits per heavy atom. The molecular weight excluding hydrogens is 394 g/mol. The molecule has 0 fully saturated rings. The number of fused-ring (bicyclic) bond motifs is 2. The van der Waals surface area contributed by atoms with Crippen LogP contribution in [0.25, 0.3) is 0 Å². The number of sulfonamides is 1. The lowest BCUT2D eigenvalue weighted by Crippen LogP contribution is -2.31. The first-order valence-corrected chi connectivity index (χ1v) is 10.8. The quantitative estimate of drug-likeness (QED) is 0.590. The zero-order chi connectivity index (χ0) is 21.2. The Labute approximate surface area is 170 Å². The summed E-state index contributed by atoms with van der Waals surface area (Å²) in [7, 11) is -0.181. The van der Waals surface area contributed by atoms with Gasteiger partial charge in [0, 0.05) is 38.8 Å². The number of phenols is 1. The fourth-order valence-electron chi connectivity index (χ4n) is 3.29. The number of benzene rings is 2. The number of carboxylic acid groups (broad SMARTS) is 1. The Morgan fingerprint density at radius 2 is 1.83 bits per heavy atom. The molecule has 0 radical (unpaired) electrons. The van der Waals surface area contributed by atoms with E-state index in [2.05, 4.69) is 5.32 Å². The number of carboxylic acids is 1. The van der Waals surface area contributed by atoms with Crippen LogP contribution in [-0.4, -0.2) is 45.2 Å². The molecule has 0 aromatic heterocycles. The molecule has 0 saturated carbocycles. The Bertz CT molecular complexity index is 1020. The highest BCUT2D eigenvalue weighted by Crippen LogP contribution is 2.42. The lowest BCUT2D eigenvalue weighted by Gasteiger charge is -2.24. The molecule has 1 aliphatic heterocycles. The molecule has 2 aromatic rings. The highest BCUT2D eigenvalue weighted by atomic mass is 32.2. The summed E-state index contributed by atoms with van der Waals surface area (Å²) in [4.78, 5) is 12.7. The number of unbranched alkanes of at least 4 members (excludes halogenated alkanes) is 2. The predicted octanol–water partition coefficient (Wildman–Crippen LogP) is 3.36. The van der Waals surface area contributed by atoms with Crippen molar-refractivity contribution in [1.82, 2.24) is 0 Å². The van der Waals surface area contributed by atoms with Crippen LogP contribution < -0.4 is 14.5 Å². The van der Waals surface area contributed by atoms with Gasteiger partial charge in [-0.2, -0.15) is 0 Å². The number of nitrogens with zero attached hydrogens (tertiary/aromatic N) is 2. The van der Waals surface area contributed by atoms with E-state index in [1.165, 1.54) is 16.4 Å². The normalized spacial score (nSPS) is 14.3. The molecule has 3 rings (SSSR count). The molecule has 1 heterocycles. The SMILES string of the molecule is CN(C)c1ccc2c(c1)S(=O)(=O)N(CCCCCC(=O)O)c1ccc(O)cc1N2. The van der Waals surface area contributed by atoms with Crippen LogP contribution in [-0.2, 0) is 14.8 Å². The van der Waals surface area contributed by atoms with Gasteiger partial charge in [0.1, 0.15) is 10.6 Å². The topological polar surface area (TPSA) is 110 Å². The Hall–Kier alpha value is -2.94. The van der Waals surface area contributed by atoms with Crippen LogP contribution >= 0.6 is 0 Å². The molecular formula is C20H25N3O5S. The van der Waals surface area contributed by atoms with E-state index in [0.717, 1.165) is 5.69 Å². The lowest BCUT2D eigenvalue weighted by molar-refractivity contribution is -0.137. The maximum Gasteiger partial charge on any atom is 0.303 e. The van der Waals surface area contributed by atoms with Gasteiger partial charge in [0.05, 0.1) is 17.1 Å². The molecule has 0 saturated heterocycles. The monoisotopic (exact) mass is 419 g/mol. The van der Waals surface area contributed by atoms with Crippen molar-refractivity contribution in [3.63, 3.8) is 0 Å². The maximum atomic E-state index is 13.5. The fourth-order valence-corrected chi connectivity index (χ4v) is 4.98.